The van der Waals surface area contributed by atoms with Crippen LogP contribution in [0.4, 0.5) is 0 Å². The van der Waals surface area contributed by atoms with E-state index in [9.17, 15) is 5.11 Å². The van der Waals surface area contributed by atoms with Gasteiger partial charge in [0, 0.05) is 6.20 Å². The molecule has 0 saturated heterocycles. The van der Waals surface area contributed by atoms with Gasteiger partial charge in [-0.15, -0.1) is 0 Å². The van der Waals surface area contributed by atoms with Gasteiger partial charge in [-0.2, -0.15) is 0 Å². The van der Waals surface area contributed by atoms with Crippen LogP contribution in [0, 0.1) is 0 Å². The normalized spacial score (nSPS) is 10.1. The summed E-state index contributed by atoms with van der Waals surface area (Å²) in [5.41, 5.74) is 0. The van der Waals surface area contributed by atoms with Gasteiger partial charge in [0.2, 0.25) is 0 Å². The molecule has 3 heteroatoms. The van der Waals surface area contributed by atoms with Gasteiger partial charge in [0.15, 0.2) is 5.75 Å². The van der Waals surface area contributed by atoms with E-state index < -0.39 is 0 Å². The third-order valence-corrected chi connectivity index (χ3v) is 1.10. The molecule has 1 rings (SSSR count). The van der Waals surface area contributed by atoms with Crippen molar-refractivity contribution in [2.75, 3.05) is 0 Å². The molecule has 0 unspecified atom stereocenters. The van der Waals surface area contributed by atoms with E-state index in [1.165, 1.54) is 0 Å². The quantitative estimate of drug-likeness (QED) is 0.701. The van der Waals surface area contributed by atoms with Gasteiger partial charge in [0.05, 0.1) is 6.10 Å². The van der Waals surface area contributed by atoms with Crippen LogP contribution in [0.3, 0.4) is 0 Å². The molecule has 0 fully saturated rings. The molecular weight excluding hydrogens is 142 g/mol. The fourth-order valence-corrected chi connectivity index (χ4v) is 0.696. The summed E-state index contributed by atoms with van der Waals surface area (Å²) < 4.78 is 5.18. The number of hydrogen-bond acceptors (Lipinski definition) is 3. The van der Waals surface area contributed by atoms with E-state index in [1.807, 2.05) is 13.8 Å². The van der Waals surface area contributed by atoms with Crippen LogP contribution in [0.2, 0.25) is 0 Å². The molecule has 0 aliphatic heterocycles. The van der Waals surface area contributed by atoms with Gasteiger partial charge < -0.3 is 9.84 Å². The molecule has 11 heavy (non-hydrogen) atoms. The molecular formula is C8H11NO2. The zero-order valence-corrected chi connectivity index (χ0v) is 6.61. The Kier molecular flexibility index (Phi) is 2.31. The van der Waals surface area contributed by atoms with Crippen molar-refractivity contribution in [3.63, 3.8) is 0 Å². The van der Waals surface area contributed by atoms with E-state index >= 15 is 0 Å². The second-order valence-electron chi connectivity index (χ2n) is 2.49. The van der Waals surface area contributed by atoms with Crippen LogP contribution >= 0.6 is 0 Å². The van der Waals surface area contributed by atoms with Crippen molar-refractivity contribution in [3.05, 3.63) is 18.3 Å². The Labute approximate surface area is 65.7 Å². The molecule has 1 N–H and O–H groups in total. The molecule has 0 spiro atoms. The van der Waals surface area contributed by atoms with E-state index in [2.05, 4.69) is 4.98 Å². The lowest BCUT2D eigenvalue weighted by atomic mass is 10.4. The molecule has 0 aromatic carbocycles. The van der Waals surface area contributed by atoms with Crippen LogP contribution in [0.25, 0.3) is 0 Å². The molecule has 0 aliphatic carbocycles. The van der Waals surface area contributed by atoms with Crippen LogP contribution in [-0.2, 0) is 0 Å². The summed E-state index contributed by atoms with van der Waals surface area (Å²) >= 11 is 0. The third-order valence-electron chi connectivity index (χ3n) is 1.10. The SMILES string of the molecule is CC(C)Oc1ncccc1O. The van der Waals surface area contributed by atoms with Gasteiger partial charge >= 0.3 is 0 Å². The molecule has 0 bridgehead atoms. The van der Waals surface area contributed by atoms with Crippen molar-refractivity contribution in [2.24, 2.45) is 0 Å². The number of ether oxygens (including phenoxy) is 1. The molecule has 0 aliphatic rings. The molecule has 0 amide bonds. The predicted octanol–water partition coefficient (Wildman–Crippen LogP) is 1.57. The first-order valence-electron chi connectivity index (χ1n) is 3.51. The number of nitrogens with zero attached hydrogens (tertiary/aromatic N) is 1. The van der Waals surface area contributed by atoms with Gasteiger partial charge in [-0.05, 0) is 26.0 Å². The van der Waals surface area contributed by atoms with Gasteiger partial charge in [0.1, 0.15) is 0 Å². The van der Waals surface area contributed by atoms with Crippen molar-refractivity contribution in [1.29, 1.82) is 0 Å². The summed E-state index contributed by atoms with van der Waals surface area (Å²) in [6, 6.07) is 3.20. The number of aromatic nitrogens is 1. The van der Waals surface area contributed by atoms with Crippen molar-refractivity contribution in [3.8, 4) is 11.6 Å². The molecule has 1 aromatic heterocycles. The predicted molar refractivity (Wildman–Crippen MR) is 41.7 cm³/mol. The molecule has 3 nitrogen and oxygen atoms in total. The zero-order valence-electron chi connectivity index (χ0n) is 6.61. The first kappa shape index (κ1) is 7.85. The Balaban J connectivity index is 2.78. The molecule has 0 saturated carbocycles. The molecule has 60 valence electrons. The largest absolute Gasteiger partial charge is 0.503 e. The molecule has 0 atom stereocenters. The Hall–Kier alpha value is -1.25. The summed E-state index contributed by atoms with van der Waals surface area (Å²) in [4.78, 5) is 3.85. The van der Waals surface area contributed by atoms with E-state index in [1.54, 1.807) is 18.3 Å². The Bertz CT molecular complexity index is 235. The highest BCUT2D eigenvalue weighted by Gasteiger charge is 2.03. The van der Waals surface area contributed by atoms with Gasteiger partial charge in [-0.3, -0.25) is 0 Å². The lowest BCUT2D eigenvalue weighted by molar-refractivity contribution is 0.221. The average molecular weight is 153 g/mol. The lowest BCUT2D eigenvalue weighted by Gasteiger charge is -2.08. The zero-order chi connectivity index (χ0) is 8.27. The molecule has 1 heterocycles. The van der Waals surface area contributed by atoms with Crippen LogP contribution < -0.4 is 4.74 Å². The average Bonchev–Trinajstić information content (AvgIpc) is 1.93. The summed E-state index contributed by atoms with van der Waals surface area (Å²) in [5.74, 6) is 0.378. The van der Waals surface area contributed by atoms with E-state index in [0.717, 1.165) is 0 Å². The maximum Gasteiger partial charge on any atom is 0.256 e. The fourth-order valence-electron chi connectivity index (χ4n) is 0.696. The highest BCUT2D eigenvalue weighted by molar-refractivity contribution is 5.30. The van der Waals surface area contributed by atoms with E-state index in [4.69, 9.17) is 4.74 Å². The second-order valence-corrected chi connectivity index (χ2v) is 2.49. The van der Waals surface area contributed by atoms with E-state index in [-0.39, 0.29) is 11.9 Å². The second kappa shape index (κ2) is 3.23. The van der Waals surface area contributed by atoms with Crippen molar-refractivity contribution in [2.45, 2.75) is 20.0 Å². The number of aromatic hydroxyl groups is 1. The highest BCUT2D eigenvalue weighted by Crippen LogP contribution is 2.21. The highest BCUT2D eigenvalue weighted by atomic mass is 16.5. The third kappa shape index (κ3) is 2.11. The molecule has 0 radical (unpaired) electrons. The number of hydrogen-bond donors (Lipinski definition) is 1. The topological polar surface area (TPSA) is 42.4 Å². The Morgan fingerprint density at radius 1 is 1.55 bits per heavy atom. The first-order valence-corrected chi connectivity index (χ1v) is 3.51. The maximum absolute atomic E-state index is 9.17. The van der Waals surface area contributed by atoms with Crippen LogP contribution in [0.15, 0.2) is 18.3 Å². The van der Waals surface area contributed by atoms with Crippen molar-refractivity contribution >= 4 is 0 Å². The summed E-state index contributed by atoms with van der Waals surface area (Å²) in [6.07, 6.45) is 1.62. The summed E-state index contributed by atoms with van der Waals surface area (Å²) in [6.45, 7) is 3.77. The van der Waals surface area contributed by atoms with Gasteiger partial charge in [-0.25, -0.2) is 4.98 Å². The Morgan fingerprint density at radius 2 is 2.27 bits per heavy atom. The monoisotopic (exact) mass is 153 g/mol. The van der Waals surface area contributed by atoms with Crippen LogP contribution in [0.5, 0.6) is 11.6 Å². The van der Waals surface area contributed by atoms with Crippen LogP contribution in [-0.4, -0.2) is 16.2 Å². The van der Waals surface area contributed by atoms with Crippen LogP contribution in [0.1, 0.15) is 13.8 Å². The lowest BCUT2D eigenvalue weighted by Crippen LogP contribution is -2.06. The minimum Gasteiger partial charge on any atom is -0.503 e. The maximum atomic E-state index is 9.17. The van der Waals surface area contributed by atoms with Crippen molar-refractivity contribution < 1.29 is 9.84 Å². The standard InChI is InChI=1S/C8H11NO2/c1-6(2)11-8-7(10)4-3-5-9-8/h3-6,10H,1-2H3. The smallest absolute Gasteiger partial charge is 0.256 e. The van der Waals surface area contributed by atoms with Gasteiger partial charge in [-0.1, -0.05) is 0 Å². The minimum atomic E-state index is 0.0378. The van der Waals surface area contributed by atoms with E-state index in [0.29, 0.717) is 5.88 Å². The fraction of sp³-hybridized carbons (Fsp3) is 0.375. The summed E-state index contributed by atoms with van der Waals surface area (Å²) in [5, 5.41) is 9.17. The van der Waals surface area contributed by atoms with Crippen molar-refractivity contribution in [1.82, 2.24) is 4.98 Å². The number of rotatable bonds is 2. The first-order chi connectivity index (χ1) is 5.20. The Morgan fingerprint density at radius 3 is 2.82 bits per heavy atom. The van der Waals surface area contributed by atoms with Gasteiger partial charge in [0.25, 0.3) is 5.88 Å². The minimum absolute atomic E-state index is 0.0378. The molecule has 1 aromatic rings. The number of pyridine rings is 1. The summed E-state index contributed by atoms with van der Waals surface area (Å²) in [7, 11) is 0.